The fourth-order valence-electron chi connectivity index (χ4n) is 1.75. The molecule has 0 spiro atoms. The van der Waals surface area contributed by atoms with E-state index in [1.54, 1.807) is 17.6 Å². The molecule has 0 bridgehead atoms. The smallest absolute Gasteiger partial charge is 0.293 e. The van der Waals surface area contributed by atoms with Gasteiger partial charge in [0.25, 0.3) is 5.91 Å². The van der Waals surface area contributed by atoms with E-state index < -0.39 is 0 Å². The van der Waals surface area contributed by atoms with Crippen molar-refractivity contribution in [3.63, 3.8) is 0 Å². The zero-order chi connectivity index (χ0) is 15.4. The Morgan fingerprint density at radius 3 is 2.82 bits per heavy atom. The van der Waals surface area contributed by atoms with Crippen molar-refractivity contribution < 1.29 is 13.9 Å². The lowest BCUT2D eigenvalue weighted by Crippen LogP contribution is -2.10. The van der Waals surface area contributed by atoms with Gasteiger partial charge in [0, 0.05) is 0 Å². The Hall–Kier alpha value is -2.67. The summed E-state index contributed by atoms with van der Waals surface area (Å²) in [7, 11) is 0. The summed E-state index contributed by atoms with van der Waals surface area (Å²) in [6.07, 6.45) is 0. The largest absolute Gasteiger partial charge is 0.486 e. The van der Waals surface area contributed by atoms with E-state index in [1.807, 2.05) is 31.2 Å². The van der Waals surface area contributed by atoms with Crippen LogP contribution in [0.2, 0.25) is 0 Å². The molecular formula is C15H13N3O3S. The molecule has 0 radical (unpaired) electrons. The number of rotatable bonds is 5. The van der Waals surface area contributed by atoms with Gasteiger partial charge in [-0.3, -0.25) is 10.1 Å². The van der Waals surface area contributed by atoms with Crippen LogP contribution in [0.1, 0.15) is 21.9 Å². The predicted octanol–water partition coefficient (Wildman–Crippen LogP) is 3.27. The molecule has 1 N–H and O–H groups in total. The molecule has 7 heteroatoms. The molecule has 22 heavy (non-hydrogen) atoms. The van der Waals surface area contributed by atoms with Gasteiger partial charge in [0.15, 0.2) is 5.76 Å². The van der Waals surface area contributed by atoms with Crippen LogP contribution in [0.25, 0.3) is 0 Å². The second-order valence-corrected chi connectivity index (χ2v) is 5.40. The molecule has 0 saturated heterocycles. The predicted molar refractivity (Wildman–Crippen MR) is 82.1 cm³/mol. The number of hydrogen-bond acceptors (Lipinski definition) is 6. The van der Waals surface area contributed by atoms with Crippen LogP contribution in [0.4, 0.5) is 5.13 Å². The van der Waals surface area contributed by atoms with Gasteiger partial charge in [-0.15, -0.1) is 10.2 Å². The number of carbonyl (C=O) groups is 1. The Balaban J connectivity index is 1.58. The number of amides is 1. The normalized spacial score (nSPS) is 10.4. The van der Waals surface area contributed by atoms with Crippen LogP contribution >= 0.6 is 11.3 Å². The van der Waals surface area contributed by atoms with Gasteiger partial charge in [-0.05, 0) is 31.2 Å². The summed E-state index contributed by atoms with van der Waals surface area (Å²) in [6.45, 7) is 2.27. The fraction of sp³-hybridized carbons (Fsp3) is 0.133. The van der Waals surface area contributed by atoms with E-state index in [9.17, 15) is 4.79 Å². The first-order valence-electron chi connectivity index (χ1n) is 6.56. The molecule has 6 nitrogen and oxygen atoms in total. The van der Waals surface area contributed by atoms with Gasteiger partial charge in [-0.2, -0.15) is 0 Å². The molecule has 0 saturated carbocycles. The SMILES string of the molecule is Cc1ccc(OCc2ccc(C(=O)Nc3nncs3)o2)cc1. The summed E-state index contributed by atoms with van der Waals surface area (Å²) in [5, 5.41) is 10.4. The van der Waals surface area contributed by atoms with Crippen LogP contribution in [-0.2, 0) is 6.61 Å². The minimum atomic E-state index is -0.363. The molecule has 1 amide bonds. The molecule has 0 atom stereocenters. The quantitative estimate of drug-likeness (QED) is 0.782. The summed E-state index contributed by atoms with van der Waals surface area (Å²) >= 11 is 1.24. The fourth-order valence-corrected chi connectivity index (χ4v) is 2.19. The van der Waals surface area contributed by atoms with Gasteiger partial charge in [-0.1, -0.05) is 29.0 Å². The van der Waals surface area contributed by atoms with E-state index in [2.05, 4.69) is 15.5 Å². The highest BCUT2D eigenvalue weighted by Gasteiger charge is 2.13. The van der Waals surface area contributed by atoms with Crippen molar-refractivity contribution in [3.05, 3.63) is 59.0 Å². The third-order valence-electron chi connectivity index (χ3n) is 2.87. The van der Waals surface area contributed by atoms with E-state index in [0.29, 0.717) is 10.9 Å². The lowest BCUT2D eigenvalue weighted by atomic mass is 10.2. The van der Waals surface area contributed by atoms with Crippen LogP contribution < -0.4 is 10.1 Å². The van der Waals surface area contributed by atoms with Gasteiger partial charge >= 0.3 is 0 Å². The Morgan fingerprint density at radius 2 is 2.09 bits per heavy atom. The van der Waals surface area contributed by atoms with Gasteiger partial charge in [-0.25, -0.2) is 0 Å². The van der Waals surface area contributed by atoms with Crippen molar-refractivity contribution in [2.45, 2.75) is 13.5 Å². The second kappa shape index (κ2) is 6.40. The number of anilines is 1. The molecule has 3 aromatic rings. The van der Waals surface area contributed by atoms with Gasteiger partial charge in [0.2, 0.25) is 5.13 Å². The van der Waals surface area contributed by atoms with Crippen LogP contribution in [0, 0.1) is 6.92 Å². The number of nitrogens with zero attached hydrogens (tertiary/aromatic N) is 2. The third kappa shape index (κ3) is 3.50. The Labute approximate surface area is 130 Å². The zero-order valence-electron chi connectivity index (χ0n) is 11.8. The van der Waals surface area contributed by atoms with Crippen molar-refractivity contribution in [3.8, 4) is 5.75 Å². The number of aromatic nitrogens is 2. The highest BCUT2D eigenvalue weighted by atomic mass is 32.1. The minimum absolute atomic E-state index is 0.206. The summed E-state index contributed by atoms with van der Waals surface area (Å²) in [5.74, 6) is 1.17. The molecule has 2 heterocycles. The van der Waals surface area contributed by atoms with E-state index in [4.69, 9.17) is 9.15 Å². The summed E-state index contributed by atoms with van der Waals surface area (Å²) in [4.78, 5) is 11.9. The first kappa shape index (κ1) is 14.3. The third-order valence-corrected chi connectivity index (χ3v) is 3.47. The molecular weight excluding hydrogens is 302 g/mol. The van der Waals surface area contributed by atoms with E-state index >= 15 is 0 Å². The average Bonchev–Trinajstić information content (AvgIpc) is 3.18. The molecule has 0 aliphatic carbocycles. The topological polar surface area (TPSA) is 77.2 Å². The van der Waals surface area contributed by atoms with Gasteiger partial charge in [0.1, 0.15) is 23.6 Å². The van der Waals surface area contributed by atoms with E-state index in [-0.39, 0.29) is 18.3 Å². The molecule has 3 rings (SSSR count). The Kier molecular flexibility index (Phi) is 4.15. The van der Waals surface area contributed by atoms with Crippen molar-refractivity contribution in [2.24, 2.45) is 0 Å². The highest BCUT2D eigenvalue weighted by molar-refractivity contribution is 7.13. The molecule has 0 fully saturated rings. The summed E-state index contributed by atoms with van der Waals surface area (Å²) in [6, 6.07) is 11.0. The standard InChI is InChI=1S/C15H13N3O3S/c1-10-2-4-11(5-3-10)20-8-12-6-7-13(21-12)14(19)17-15-18-16-9-22-15/h2-7,9H,8H2,1H3,(H,17,18,19). The molecule has 2 aromatic heterocycles. The van der Waals surface area contributed by atoms with Gasteiger partial charge < -0.3 is 9.15 Å². The first-order chi connectivity index (χ1) is 10.7. The Morgan fingerprint density at radius 1 is 1.27 bits per heavy atom. The van der Waals surface area contributed by atoms with Crippen LogP contribution in [0.15, 0.2) is 46.3 Å². The van der Waals surface area contributed by atoms with Crippen molar-refractivity contribution in [2.75, 3.05) is 5.32 Å². The number of carbonyl (C=O) groups excluding carboxylic acids is 1. The lowest BCUT2D eigenvalue weighted by molar-refractivity contribution is 0.0992. The maximum atomic E-state index is 11.9. The number of benzene rings is 1. The van der Waals surface area contributed by atoms with Crippen LogP contribution in [0.5, 0.6) is 5.75 Å². The second-order valence-electron chi connectivity index (χ2n) is 4.57. The zero-order valence-corrected chi connectivity index (χ0v) is 12.6. The molecule has 1 aromatic carbocycles. The highest BCUT2D eigenvalue weighted by Crippen LogP contribution is 2.16. The number of furan rings is 1. The maximum Gasteiger partial charge on any atom is 0.293 e. The molecule has 112 valence electrons. The van der Waals surface area contributed by atoms with Crippen molar-refractivity contribution >= 4 is 22.4 Å². The van der Waals surface area contributed by atoms with Crippen LogP contribution in [0.3, 0.4) is 0 Å². The summed E-state index contributed by atoms with van der Waals surface area (Å²) < 4.78 is 11.1. The summed E-state index contributed by atoms with van der Waals surface area (Å²) in [5.41, 5.74) is 2.71. The minimum Gasteiger partial charge on any atom is -0.486 e. The number of hydrogen-bond donors (Lipinski definition) is 1. The number of nitrogens with one attached hydrogen (secondary N) is 1. The Bertz CT molecular complexity index is 751. The molecule has 0 aliphatic rings. The molecule has 0 unspecified atom stereocenters. The van der Waals surface area contributed by atoms with Crippen molar-refractivity contribution in [1.29, 1.82) is 0 Å². The van der Waals surface area contributed by atoms with E-state index in [0.717, 1.165) is 5.75 Å². The first-order valence-corrected chi connectivity index (χ1v) is 7.44. The monoisotopic (exact) mass is 315 g/mol. The average molecular weight is 315 g/mol. The number of aryl methyl sites for hydroxylation is 1. The lowest BCUT2D eigenvalue weighted by Gasteiger charge is -2.04. The molecule has 0 aliphatic heterocycles. The van der Waals surface area contributed by atoms with Crippen molar-refractivity contribution in [1.82, 2.24) is 10.2 Å². The van der Waals surface area contributed by atoms with E-state index in [1.165, 1.54) is 16.9 Å². The van der Waals surface area contributed by atoms with Gasteiger partial charge in [0.05, 0.1) is 0 Å². The number of ether oxygens (including phenoxy) is 1. The maximum absolute atomic E-state index is 11.9. The van der Waals surface area contributed by atoms with Crippen LogP contribution in [-0.4, -0.2) is 16.1 Å².